The molecule has 0 fully saturated rings. The lowest BCUT2D eigenvalue weighted by Crippen LogP contribution is -2.35. The predicted molar refractivity (Wildman–Crippen MR) is 90.9 cm³/mol. The second kappa shape index (κ2) is 5.37. The molecule has 4 rings (SSSR count). The highest BCUT2D eigenvalue weighted by molar-refractivity contribution is 6.52. The van der Waals surface area contributed by atoms with Gasteiger partial charge in [0.25, 0.3) is 0 Å². The van der Waals surface area contributed by atoms with Crippen LogP contribution in [0.1, 0.15) is 54.8 Å². The Morgan fingerprint density at radius 3 is 2.60 bits per heavy atom. The van der Waals surface area contributed by atoms with Crippen molar-refractivity contribution in [1.29, 1.82) is 0 Å². The Labute approximate surface area is 145 Å². The van der Waals surface area contributed by atoms with Crippen LogP contribution in [0.2, 0.25) is 0 Å². The molecule has 2 aromatic rings. The van der Waals surface area contributed by atoms with Crippen molar-refractivity contribution in [3.63, 3.8) is 0 Å². The molecule has 0 amide bonds. The molecule has 0 radical (unpaired) electrons. The minimum absolute atomic E-state index is 0.377. The number of benzene rings is 1. The largest absolute Gasteiger partial charge is 0.484 e. The number of ether oxygens (including phenoxy) is 1. The Balaban J connectivity index is 1.89. The van der Waals surface area contributed by atoms with E-state index in [9.17, 15) is 9.59 Å². The van der Waals surface area contributed by atoms with Crippen LogP contribution < -0.4 is 0 Å². The molecular weight excluding hydrogens is 318 g/mol. The Kier molecular flexibility index (Phi) is 3.39. The monoisotopic (exact) mass is 337 g/mol. The van der Waals surface area contributed by atoms with Crippen molar-refractivity contribution in [2.45, 2.75) is 45.3 Å². The first-order valence-electron chi connectivity index (χ1n) is 8.46. The van der Waals surface area contributed by atoms with Gasteiger partial charge < -0.3 is 4.74 Å². The number of rotatable bonds is 3. The summed E-state index contributed by atoms with van der Waals surface area (Å²) in [6.45, 7) is 5.87. The van der Waals surface area contributed by atoms with E-state index in [2.05, 4.69) is 17.2 Å². The smallest absolute Gasteiger partial charge is 0.235 e. The molecule has 0 spiro atoms. The molecule has 1 aromatic carbocycles. The summed E-state index contributed by atoms with van der Waals surface area (Å²) >= 11 is 0. The third-order valence-electron chi connectivity index (χ3n) is 4.74. The Morgan fingerprint density at radius 2 is 1.88 bits per heavy atom. The Morgan fingerprint density at radius 1 is 1.16 bits per heavy atom. The van der Waals surface area contributed by atoms with Crippen molar-refractivity contribution < 1.29 is 14.3 Å². The van der Waals surface area contributed by atoms with E-state index in [4.69, 9.17) is 4.74 Å². The van der Waals surface area contributed by atoms with E-state index in [0.29, 0.717) is 22.5 Å². The summed E-state index contributed by atoms with van der Waals surface area (Å²) in [5.74, 6) is -0.519. The van der Waals surface area contributed by atoms with E-state index in [0.717, 1.165) is 18.5 Å². The molecule has 1 aliphatic heterocycles. The number of aromatic nitrogens is 3. The maximum atomic E-state index is 12.8. The fourth-order valence-electron chi connectivity index (χ4n) is 3.66. The highest BCUT2D eigenvalue weighted by Gasteiger charge is 2.52. The molecule has 6 heteroatoms. The standard InChI is InChI=1S/C19H19N3O3/c1-4-7-11-10-22(21-20-11)18-14-16(24)15(23)12-8-5-6-9-13(12)17(14)25-19(18,2)3/h5-6,8-10,18H,4,7H2,1-3H3. The summed E-state index contributed by atoms with van der Waals surface area (Å²) in [4.78, 5) is 25.4. The zero-order valence-corrected chi connectivity index (χ0v) is 14.4. The predicted octanol–water partition coefficient (Wildman–Crippen LogP) is 2.76. The maximum absolute atomic E-state index is 12.8. The van der Waals surface area contributed by atoms with Crippen molar-refractivity contribution in [3.05, 3.63) is 52.9 Å². The van der Waals surface area contributed by atoms with Gasteiger partial charge in [-0.3, -0.25) is 9.59 Å². The summed E-state index contributed by atoms with van der Waals surface area (Å²) in [5, 5.41) is 8.39. The lowest BCUT2D eigenvalue weighted by Gasteiger charge is -2.27. The second-order valence-electron chi connectivity index (χ2n) is 6.99. The van der Waals surface area contributed by atoms with Crippen LogP contribution in [-0.4, -0.2) is 32.2 Å². The molecule has 0 saturated heterocycles. The number of Topliss-reactive ketones (excluding diaryl/α,β-unsaturated/α-hetero) is 2. The van der Waals surface area contributed by atoms with E-state index in [1.54, 1.807) is 16.8 Å². The second-order valence-corrected chi connectivity index (χ2v) is 6.99. The zero-order chi connectivity index (χ0) is 17.8. The van der Waals surface area contributed by atoms with E-state index in [1.165, 1.54) is 0 Å². The third kappa shape index (κ3) is 2.24. The minimum Gasteiger partial charge on any atom is -0.484 e. The van der Waals surface area contributed by atoms with Gasteiger partial charge in [-0.1, -0.05) is 42.8 Å². The molecular formula is C19H19N3O3. The van der Waals surface area contributed by atoms with Gasteiger partial charge in [0.15, 0.2) is 0 Å². The van der Waals surface area contributed by atoms with Crippen molar-refractivity contribution in [2.24, 2.45) is 0 Å². The van der Waals surface area contributed by atoms with E-state index in [-0.39, 0.29) is 0 Å². The molecule has 1 aliphatic carbocycles. The van der Waals surface area contributed by atoms with Crippen molar-refractivity contribution in [2.75, 3.05) is 0 Å². The molecule has 2 aliphatic rings. The molecule has 0 saturated carbocycles. The lowest BCUT2D eigenvalue weighted by atomic mass is 9.83. The first-order valence-corrected chi connectivity index (χ1v) is 8.46. The highest BCUT2D eigenvalue weighted by Crippen LogP contribution is 2.49. The van der Waals surface area contributed by atoms with Crippen molar-refractivity contribution in [3.8, 4) is 0 Å². The van der Waals surface area contributed by atoms with Gasteiger partial charge in [0.1, 0.15) is 17.4 Å². The summed E-state index contributed by atoms with van der Waals surface area (Å²) in [6, 6.07) is 6.59. The third-order valence-corrected chi connectivity index (χ3v) is 4.74. The molecule has 1 atom stereocenters. The molecule has 0 bridgehead atoms. The van der Waals surface area contributed by atoms with Crippen LogP contribution in [0.5, 0.6) is 0 Å². The van der Waals surface area contributed by atoms with E-state index < -0.39 is 23.2 Å². The van der Waals surface area contributed by atoms with Gasteiger partial charge in [-0.05, 0) is 20.3 Å². The number of ketones is 2. The molecule has 25 heavy (non-hydrogen) atoms. The molecule has 1 aromatic heterocycles. The Bertz CT molecular complexity index is 924. The summed E-state index contributed by atoms with van der Waals surface area (Å²) in [6.07, 6.45) is 3.62. The quantitative estimate of drug-likeness (QED) is 0.805. The topological polar surface area (TPSA) is 74.1 Å². The van der Waals surface area contributed by atoms with Gasteiger partial charge in [-0.15, -0.1) is 5.10 Å². The fraction of sp³-hybridized carbons (Fsp3) is 0.368. The summed E-state index contributed by atoms with van der Waals surface area (Å²) < 4.78 is 7.81. The highest BCUT2D eigenvalue weighted by atomic mass is 16.5. The van der Waals surface area contributed by atoms with Gasteiger partial charge >= 0.3 is 0 Å². The number of nitrogens with zero attached hydrogens (tertiary/aromatic N) is 3. The zero-order valence-electron chi connectivity index (χ0n) is 14.4. The van der Waals surface area contributed by atoms with E-state index in [1.807, 2.05) is 32.2 Å². The first kappa shape index (κ1) is 15.7. The summed E-state index contributed by atoms with van der Waals surface area (Å²) in [7, 11) is 0. The molecule has 0 N–H and O–H groups in total. The normalized spacial score (nSPS) is 21.2. The molecule has 128 valence electrons. The Hall–Kier alpha value is -2.76. The number of carbonyl (C=O) groups excluding carboxylic acids is 2. The minimum atomic E-state index is -0.713. The van der Waals surface area contributed by atoms with Crippen LogP contribution in [0.3, 0.4) is 0 Å². The van der Waals surface area contributed by atoms with Crippen LogP contribution >= 0.6 is 0 Å². The number of fused-ring (bicyclic) bond motifs is 2. The number of hydrogen-bond acceptors (Lipinski definition) is 5. The number of carbonyl (C=O) groups is 2. The average molecular weight is 337 g/mol. The molecule has 2 heterocycles. The van der Waals surface area contributed by atoms with Gasteiger partial charge in [0.05, 0.1) is 11.3 Å². The van der Waals surface area contributed by atoms with Gasteiger partial charge in [-0.2, -0.15) is 0 Å². The van der Waals surface area contributed by atoms with Gasteiger partial charge in [0, 0.05) is 17.3 Å². The van der Waals surface area contributed by atoms with Crippen LogP contribution in [0.25, 0.3) is 5.76 Å². The number of aryl methyl sites for hydroxylation is 1. The van der Waals surface area contributed by atoms with Gasteiger partial charge in [0.2, 0.25) is 11.6 Å². The fourth-order valence-corrected chi connectivity index (χ4v) is 3.66. The summed E-state index contributed by atoms with van der Waals surface area (Å²) in [5.41, 5.74) is 1.60. The first-order chi connectivity index (χ1) is 11.9. The van der Waals surface area contributed by atoms with Crippen LogP contribution in [0.4, 0.5) is 0 Å². The van der Waals surface area contributed by atoms with Crippen LogP contribution in [0, 0.1) is 0 Å². The van der Waals surface area contributed by atoms with Gasteiger partial charge in [-0.25, -0.2) is 4.68 Å². The van der Waals surface area contributed by atoms with Crippen LogP contribution in [-0.2, 0) is 16.0 Å². The van der Waals surface area contributed by atoms with E-state index >= 15 is 0 Å². The molecule has 6 nitrogen and oxygen atoms in total. The molecule has 1 unspecified atom stereocenters. The van der Waals surface area contributed by atoms with Crippen molar-refractivity contribution >= 4 is 17.3 Å². The SMILES string of the molecule is CCCc1cn(C2C3=C(OC2(C)C)c2ccccc2C(=O)C3=O)nn1. The maximum Gasteiger partial charge on any atom is 0.235 e. The average Bonchev–Trinajstić information content (AvgIpc) is 3.14. The number of hydrogen-bond donors (Lipinski definition) is 0. The lowest BCUT2D eigenvalue weighted by molar-refractivity contribution is -0.112. The van der Waals surface area contributed by atoms with Crippen LogP contribution in [0.15, 0.2) is 36.0 Å². The van der Waals surface area contributed by atoms with Crippen molar-refractivity contribution in [1.82, 2.24) is 15.0 Å².